The molecule has 1 aromatic carbocycles. The van der Waals surface area contributed by atoms with Crippen LogP contribution in [0.25, 0.3) is 0 Å². The molecule has 1 atom stereocenters. The Labute approximate surface area is 160 Å². The van der Waals surface area contributed by atoms with Crippen LogP contribution < -0.4 is 20.4 Å². The lowest BCUT2D eigenvalue weighted by Gasteiger charge is -2.35. The molecule has 0 bridgehead atoms. The van der Waals surface area contributed by atoms with Crippen LogP contribution in [0.3, 0.4) is 0 Å². The lowest BCUT2D eigenvalue weighted by atomic mass is 10.0. The van der Waals surface area contributed by atoms with Gasteiger partial charge in [-0.05, 0) is 24.1 Å². The van der Waals surface area contributed by atoms with Gasteiger partial charge in [0.2, 0.25) is 0 Å². The molecule has 11 heteroatoms. The Morgan fingerprint density at radius 2 is 1.32 bits per heavy atom. The van der Waals surface area contributed by atoms with E-state index in [1.165, 1.54) is 24.3 Å². The van der Waals surface area contributed by atoms with Crippen molar-refractivity contribution < 1.29 is 44.7 Å². The van der Waals surface area contributed by atoms with Crippen LogP contribution in [0.15, 0.2) is 24.3 Å². The van der Waals surface area contributed by atoms with Crippen molar-refractivity contribution in [2.24, 2.45) is 0 Å². The average Bonchev–Trinajstić information content (AvgIpc) is 2.56. The number of carboxylic acid groups (broad SMARTS) is 4. The second-order valence-electron chi connectivity index (χ2n) is 6.00. The molecule has 0 aliphatic heterocycles. The first-order valence-electron chi connectivity index (χ1n) is 8.13. The number of nitrogens with zero attached hydrogens (tertiary/aromatic N) is 2. The number of phenols is 1. The molecular formula is C17H18N2O9-4. The minimum absolute atomic E-state index is 0.0412. The van der Waals surface area contributed by atoms with Gasteiger partial charge < -0.3 is 44.7 Å². The SMILES string of the molecule is O=C([O-])CN(CCN(CC(=O)[O-])C(Cc1ccc(O)cc1)C(=O)[O-])CC(=O)[O-]. The van der Waals surface area contributed by atoms with Gasteiger partial charge in [-0.1, -0.05) is 12.1 Å². The summed E-state index contributed by atoms with van der Waals surface area (Å²) in [5, 5.41) is 53.3. The first kappa shape index (κ1) is 22.9. The molecule has 0 saturated carbocycles. The molecule has 154 valence electrons. The fourth-order valence-electron chi connectivity index (χ4n) is 2.58. The Morgan fingerprint density at radius 1 is 0.821 bits per heavy atom. The smallest absolute Gasteiger partial charge is 0.115 e. The summed E-state index contributed by atoms with van der Waals surface area (Å²) in [6.07, 6.45) is -0.170. The highest BCUT2D eigenvalue weighted by atomic mass is 16.4. The first-order valence-corrected chi connectivity index (χ1v) is 8.13. The van der Waals surface area contributed by atoms with Crippen LogP contribution in [0.4, 0.5) is 0 Å². The zero-order valence-electron chi connectivity index (χ0n) is 14.7. The van der Waals surface area contributed by atoms with Gasteiger partial charge in [-0.15, -0.1) is 0 Å². The normalized spacial score (nSPS) is 12.1. The van der Waals surface area contributed by atoms with E-state index in [-0.39, 0.29) is 25.3 Å². The molecule has 1 N–H and O–H groups in total. The van der Waals surface area contributed by atoms with Crippen molar-refractivity contribution in [3.63, 3.8) is 0 Å². The molecule has 1 unspecified atom stereocenters. The number of aromatic hydroxyl groups is 1. The molecular weight excluding hydrogens is 376 g/mol. The zero-order valence-corrected chi connectivity index (χ0v) is 14.7. The Kier molecular flexibility index (Phi) is 8.85. The lowest BCUT2D eigenvalue weighted by Crippen LogP contribution is -2.55. The van der Waals surface area contributed by atoms with E-state index in [1.807, 2.05) is 0 Å². The molecule has 11 nitrogen and oxygen atoms in total. The summed E-state index contributed by atoms with van der Waals surface area (Å²) in [7, 11) is 0. The molecule has 0 fully saturated rings. The van der Waals surface area contributed by atoms with E-state index in [1.54, 1.807) is 0 Å². The summed E-state index contributed by atoms with van der Waals surface area (Å²) >= 11 is 0. The van der Waals surface area contributed by atoms with Crippen molar-refractivity contribution in [3.8, 4) is 5.75 Å². The standard InChI is InChI=1S/C17H22N2O9/c20-12-3-1-11(2-4-12)7-13(17(27)28)19(10-16(25)26)6-5-18(8-14(21)22)9-15(23)24/h1-4,13,20H,5-10H2,(H,21,22)(H,23,24)(H,25,26)(H,27,28)/p-4. The second-order valence-corrected chi connectivity index (χ2v) is 6.00. The van der Waals surface area contributed by atoms with E-state index in [9.17, 15) is 44.7 Å². The number of benzene rings is 1. The molecule has 0 aliphatic rings. The zero-order chi connectivity index (χ0) is 21.3. The molecule has 0 heterocycles. The van der Waals surface area contributed by atoms with Crippen molar-refractivity contribution in [2.75, 3.05) is 32.7 Å². The highest BCUT2D eigenvalue weighted by Gasteiger charge is 2.21. The van der Waals surface area contributed by atoms with Crippen LogP contribution in [0.1, 0.15) is 5.56 Å². The first-order chi connectivity index (χ1) is 13.1. The fraction of sp³-hybridized carbons (Fsp3) is 0.412. The fourth-order valence-corrected chi connectivity index (χ4v) is 2.58. The predicted molar refractivity (Wildman–Crippen MR) is 83.6 cm³/mol. The minimum Gasteiger partial charge on any atom is -0.549 e. The number of carboxylic acids is 4. The summed E-state index contributed by atoms with van der Waals surface area (Å²) in [6, 6.07) is 4.12. The quantitative estimate of drug-likeness (QED) is 0.335. The third kappa shape index (κ3) is 8.47. The van der Waals surface area contributed by atoms with E-state index in [0.717, 1.165) is 9.80 Å². The van der Waals surface area contributed by atoms with Gasteiger partial charge in [0, 0.05) is 32.7 Å². The summed E-state index contributed by atoms with van der Waals surface area (Å²) in [4.78, 5) is 45.9. The van der Waals surface area contributed by atoms with Crippen LogP contribution in [0.2, 0.25) is 0 Å². The largest absolute Gasteiger partial charge is 0.549 e. The van der Waals surface area contributed by atoms with Crippen molar-refractivity contribution in [3.05, 3.63) is 29.8 Å². The van der Waals surface area contributed by atoms with E-state index in [4.69, 9.17) is 0 Å². The number of carbonyl (C=O) groups is 4. The van der Waals surface area contributed by atoms with Gasteiger partial charge in [-0.25, -0.2) is 0 Å². The van der Waals surface area contributed by atoms with Crippen LogP contribution in [-0.2, 0) is 25.6 Å². The third-order valence-electron chi connectivity index (χ3n) is 3.82. The van der Waals surface area contributed by atoms with Gasteiger partial charge in [-0.2, -0.15) is 0 Å². The predicted octanol–water partition coefficient (Wildman–Crippen LogP) is -6.09. The van der Waals surface area contributed by atoms with Gasteiger partial charge >= 0.3 is 0 Å². The molecule has 28 heavy (non-hydrogen) atoms. The van der Waals surface area contributed by atoms with Crippen molar-refractivity contribution >= 4 is 23.9 Å². The van der Waals surface area contributed by atoms with E-state index >= 15 is 0 Å². The van der Waals surface area contributed by atoms with Gasteiger partial charge in [0.25, 0.3) is 0 Å². The molecule has 1 rings (SSSR count). The highest BCUT2D eigenvalue weighted by Crippen LogP contribution is 2.14. The Balaban J connectivity index is 2.95. The van der Waals surface area contributed by atoms with E-state index in [0.29, 0.717) is 5.56 Å². The Hall–Kier alpha value is -3.18. The molecule has 1 aromatic rings. The number of carbonyl (C=O) groups excluding carboxylic acids is 4. The Morgan fingerprint density at radius 3 is 1.75 bits per heavy atom. The number of hydrogen-bond donors (Lipinski definition) is 1. The molecule has 0 amide bonds. The number of phenolic OH excluding ortho intramolecular Hbond substituents is 1. The van der Waals surface area contributed by atoms with Gasteiger partial charge in [-0.3, -0.25) is 9.80 Å². The van der Waals surface area contributed by atoms with Crippen molar-refractivity contribution in [1.29, 1.82) is 0 Å². The summed E-state index contributed by atoms with van der Waals surface area (Å²) in [5.41, 5.74) is 0.469. The third-order valence-corrected chi connectivity index (χ3v) is 3.82. The molecule has 0 spiro atoms. The molecule has 0 aliphatic carbocycles. The van der Waals surface area contributed by atoms with Crippen molar-refractivity contribution in [1.82, 2.24) is 9.80 Å². The number of hydrogen-bond acceptors (Lipinski definition) is 11. The summed E-state index contributed by atoms with van der Waals surface area (Å²) < 4.78 is 0. The minimum atomic E-state index is -1.58. The number of rotatable bonds is 13. The topological polar surface area (TPSA) is 187 Å². The van der Waals surface area contributed by atoms with Crippen LogP contribution >= 0.6 is 0 Å². The second kappa shape index (κ2) is 10.8. The molecule has 0 radical (unpaired) electrons. The summed E-state index contributed by atoms with van der Waals surface area (Å²) in [6.45, 7) is -2.91. The number of aliphatic carboxylic acids is 4. The lowest BCUT2D eigenvalue weighted by molar-refractivity contribution is -0.317. The highest BCUT2D eigenvalue weighted by molar-refractivity contribution is 5.74. The van der Waals surface area contributed by atoms with E-state index in [2.05, 4.69) is 0 Å². The van der Waals surface area contributed by atoms with Gasteiger partial charge in [0.05, 0.1) is 29.9 Å². The van der Waals surface area contributed by atoms with Gasteiger partial charge in [0.15, 0.2) is 0 Å². The average molecular weight is 394 g/mol. The maximum atomic E-state index is 11.6. The monoisotopic (exact) mass is 394 g/mol. The Bertz CT molecular complexity index is 689. The maximum Gasteiger partial charge on any atom is 0.115 e. The van der Waals surface area contributed by atoms with Gasteiger partial charge in [0.1, 0.15) is 5.75 Å². The maximum absolute atomic E-state index is 11.6. The van der Waals surface area contributed by atoms with E-state index < -0.39 is 49.6 Å². The van der Waals surface area contributed by atoms with Crippen LogP contribution in [0.5, 0.6) is 5.75 Å². The van der Waals surface area contributed by atoms with Crippen LogP contribution in [-0.4, -0.2) is 77.5 Å². The summed E-state index contributed by atoms with van der Waals surface area (Å²) in [5.74, 6) is -6.33. The van der Waals surface area contributed by atoms with Crippen molar-refractivity contribution in [2.45, 2.75) is 12.5 Å². The molecule has 0 saturated heterocycles. The van der Waals surface area contributed by atoms with Crippen LogP contribution in [0, 0.1) is 0 Å². The molecule has 0 aromatic heterocycles.